The Balaban J connectivity index is 1.80. The fourth-order valence-electron chi connectivity index (χ4n) is 2.53. The number of fused-ring (bicyclic) bond motifs is 1. The van der Waals surface area contributed by atoms with Crippen molar-refractivity contribution in [2.24, 2.45) is 0 Å². The largest absolute Gasteiger partial charge is 0.457 e. The molecular formula is C19H13IN2O. The summed E-state index contributed by atoms with van der Waals surface area (Å²) in [6.45, 7) is 0. The van der Waals surface area contributed by atoms with Crippen molar-refractivity contribution in [2.75, 3.05) is 0 Å². The highest BCUT2D eigenvalue weighted by molar-refractivity contribution is 14.1. The van der Waals surface area contributed by atoms with E-state index in [1.165, 1.54) is 0 Å². The molecule has 23 heavy (non-hydrogen) atoms. The zero-order valence-electron chi connectivity index (χ0n) is 12.2. The van der Waals surface area contributed by atoms with Crippen LogP contribution < -0.4 is 4.74 Å². The van der Waals surface area contributed by atoms with Gasteiger partial charge in [-0.3, -0.25) is 0 Å². The lowest BCUT2D eigenvalue weighted by atomic mass is 10.1. The monoisotopic (exact) mass is 412 g/mol. The molecular weight excluding hydrogens is 399 g/mol. The number of halogens is 1. The molecule has 0 saturated carbocycles. The van der Waals surface area contributed by atoms with Gasteiger partial charge in [0.1, 0.15) is 17.1 Å². The van der Waals surface area contributed by atoms with Crippen molar-refractivity contribution in [3.05, 3.63) is 76.6 Å². The van der Waals surface area contributed by atoms with Gasteiger partial charge in [0.2, 0.25) is 0 Å². The molecule has 0 aliphatic rings. The zero-order chi connectivity index (χ0) is 15.6. The Hall–Kier alpha value is -2.34. The number of benzene rings is 2. The molecule has 2 aromatic heterocycles. The lowest BCUT2D eigenvalue weighted by Crippen LogP contribution is -1.89. The van der Waals surface area contributed by atoms with E-state index >= 15 is 0 Å². The van der Waals surface area contributed by atoms with E-state index < -0.39 is 0 Å². The number of hydrogen-bond donors (Lipinski definition) is 1. The molecule has 4 aromatic rings. The van der Waals surface area contributed by atoms with E-state index in [0.29, 0.717) is 0 Å². The summed E-state index contributed by atoms with van der Waals surface area (Å²) < 4.78 is 7.21. The number of aromatic amines is 1. The number of rotatable bonds is 3. The summed E-state index contributed by atoms with van der Waals surface area (Å²) >= 11 is 2.31. The first kappa shape index (κ1) is 14.3. The van der Waals surface area contributed by atoms with E-state index in [1.807, 2.05) is 60.9 Å². The molecule has 1 N–H and O–H groups in total. The molecule has 4 heteroatoms. The molecule has 0 unspecified atom stereocenters. The van der Waals surface area contributed by atoms with E-state index in [-0.39, 0.29) is 0 Å². The van der Waals surface area contributed by atoms with Gasteiger partial charge in [-0.15, -0.1) is 0 Å². The first-order valence-corrected chi connectivity index (χ1v) is 8.34. The Bertz CT molecular complexity index is 963. The molecule has 2 aromatic carbocycles. The molecule has 0 saturated heterocycles. The van der Waals surface area contributed by atoms with Crippen LogP contribution in [0, 0.1) is 3.57 Å². The molecule has 0 bridgehead atoms. The molecule has 0 radical (unpaired) electrons. The number of ether oxygens (including phenoxy) is 1. The first-order valence-electron chi connectivity index (χ1n) is 7.26. The van der Waals surface area contributed by atoms with E-state index in [9.17, 15) is 0 Å². The lowest BCUT2D eigenvalue weighted by Gasteiger charge is -2.11. The highest BCUT2D eigenvalue weighted by atomic mass is 127. The number of nitrogens with one attached hydrogen (secondary N) is 1. The summed E-state index contributed by atoms with van der Waals surface area (Å²) in [6.07, 6.45) is 3.84. The van der Waals surface area contributed by atoms with Crippen molar-refractivity contribution in [1.29, 1.82) is 0 Å². The van der Waals surface area contributed by atoms with Gasteiger partial charge in [0, 0.05) is 32.5 Å². The van der Waals surface area contributed by atoms with Gasteiger partial charge in [-0.05, 0) is 46.9 Å². The SMILES string of the molecule is Ic1c[nH]c2ncc(-c3ccccc3Oc3ccccc3)cc12. The van der Waals surface area contributed by atoms with Crippen LogP contribution in [0.3, 0.4) is 0 Å². The predicted molar refractivity (Wildman–Crippen MR) is 101 cm³/mol. The fourth-order valence-corrected chi connectivity index (χ4v) is 3.10. The molecule has 0 amide bonds. The predicted octanol–water partition coefficient (Wildman–Crippen LogP) is 5.63. The van der Waals surface area contributed by atoms with Crippen LogP contribution in [0.5, 0.6) is 11.5 Å². The lowest BCUT2D eigenvalue weighted by molar-refractivity contribution is 0.484. The minimum atomic E-state index is 0.824. The molecule has 3 nitrogen and oxygen atoms in total. The second-order valence-corrected chi connectivity index (χ2v) is 6.33. The second-order valence-electron chi connectivity index (χ2n) is 5.17. The first-order chi connectivity index (χ1) is 11.3. The Morgan fingerprint density at radius 2 is 1.74 bits per heavy atom. The number of para-hydroxylation sites is 2. The van der Waals surface area contributed by atoms with Crippen molar-refractivity contribution < 1.29 is 4.74 Å². The van der Waals surface area contributed by atoms with Gasteiger partial charge < -0.3 is 9.72 Å². The number of hydrogen-bond acceptors (Lipinski definition) is 2. The molecule has 4 rings (SSSR count). The minimum absolute atomic E-state index is 0.824. The number of pyridine rings is 1. The van der Waals surface area contributed by atoms with Gasteiger partial charge in [-0.1, -0.05) is 36.4 Å². The van der Waals surface area contributed by atoms with Gasteiger partial charge in [-0.2, -0.15) is 0 Å². The molecule has 0 aliphatic heterocycles. The average molecular weight is 412 g/mol. The Kier molecular flexibility index (Phi) is 3.75. The third-order valence-electron chi connectivity index (χ3n) is 3.65. The summed E-state index contributed by atoms with van der Waals surface area (Å²) in [5.74, 6) is 1.65. The van der Waals surface area contributed by atoms with Gasteiger partial charge in [-0.25, -0.2) is 4.98 Å². The molecule has 2 heterocycles. The third kappa shape index (κ3) is 2.82. The fraction of sp³-hybridized carbons (Fsp3) is 0. The summed E-state index contributed by atoms with van der Waals surface area (Å²) in [7, 11) is 0. The maximum Gasteiger partial charge on any atom is 0.138 e. The molecule has 0 atom stereocenters. The van der Waals surface area contributed by atoms with Crippen LogP contribution in [0.15, 0.2) is 73.1 Å². The van der Waals surface area contributed by atoms with Crippen LogP contribution in [-0.4, -0.2) is 9.97 Å². The van der Waals surface area contributed by atoms with Gasteiger partial charge in [0.15, 0.2) is 0 Å². The Morgan fingerprint density at radius 3 is 2.61 bits per heavy atom. The van der Waals surface area contributed by atoms with Crippen LogP contribution in [-0.2, 0) is 0 Å². The smallest absolute Gasteiger partial charge is 0.138 e. The van der Waals surface area contributed by atoms with Crippen molar-refractivity contribution >= 4 is 33.6 Å². The van der Waals surface area contributed by atoms with Crippen LogP contribution in [0.1, 0.15) is 0 Å². The number of aromatic nitrogens is 2. The van der Waals surface area contributed by atoms with E-state index in [1.54, 1.807) is 0 Å². The normalized spacial score (nSPS) is 10.8. The van der Waals surface area contributed by atoms with Crippen LogP contribution in [0.25, 0.3) is 22.2 Å². The van der Waals surface area contributed by atoms with Gasteiger partial charge in [0.05, 0.1) is 0 Å². The van der Waals surface area contributed by atoms with E-state index in [4.69, 9.17) is 4.74 Å². The van der Waals surface area contributed by atoms with Crippen molar-refractivity contribution in [2.45, 2.75) is 0 Å². The highest BCUT2D eigenvalue weighted by Crippen LogP contribution is 2.34. The minimum Gasteiger partial charge on any atom is -0.457 e. The number of nitrogens with zero attached hydrogens (tertiary/aromatic N) is 1. The van der Waals surface area contributed by atoms with Crippen LogP contribution >= 0.6 is 22.6 Å². The Labute approximate surface area is 147 Å². The van der Waals surface area contributed by atoms with Crippen molar-refractivity contribution in [3.63, 3.8) is 0 Å². The van der Waals surface area contributed by atoms with E-state index in [0.717, 1.165) is 37.2 Å². The zero-order valence-corrected chi connectivity index (χ0v) is 14.3. The second kappa shape index (κ2) is 6.04. The third-order valence-corrected chi connectivity index (χ3v) is 4.54. The van der Waals surface area contributed by atoms with Crippen LogP contribution in [0.4, 0.5) is 0 Å². The van der Waals surface area contributed by atoms with Crippen molar-refractivity contribution in [1.82, 2.24) is 9.97 Å². The topological polar surface area (TPSA) is 37.9 Å². The molecule has 0 spiro atoms. The summed E-state index contributed by atoms with van der Waals surface area (Å²) in [6, 6.07) is 20.0. The molecule has 112 valence electrons. The maximum atomic E-state index is 6.05. The Morgan fingerprint density at radius 1 is 0.957 bits per heavy atom. The quantitative estimate of drug-likeness (QED) is 0.443. The highest BCUT2D eigenvalue weighted by Gasteiger charge is 2.10. The number of H-pyrrole nitrogens is 1. The molecule has 0 aliphatic carbocycles. The van der Waals surface area contributed by atoms with Gasteiger partial charge in [0.25, 0.3) is 0 Å². The summed E-state index contributed by atoms with van der Waals surface area (Å²) in [5.41, 5.74) is 2.98. The maximum absolute atomic E-state index is 6.05. The molecule has 0 fully saturated rings. The van der Waals surface area contributed by atoms with Crippen LogP contribution in [0.2, 0.25) is 0 Å². The standard InChI is InChI=1S/C19H13IN2O/c20-17-12-22-19-16(17)10-13(11-21-19)15-8-4-5-9-18(15)23-14-6-2-1-3-7-14/h1-12H,(H,21,22). The van der Waals surface area contributed by atoms with Gasteiger partial charge >= 0.3 is 0 Å². The summed E-state index contributed by atoms with van der Waals surface area (Å²) in [5, 5.41) is 1.12. The summed E-state index contributed by atoms with van der Waals surface area (Å²) in [4.78, 5) is 7.68. The van der Waals surface area contributed by atoms with Crippen molar-refractivity contribution in [3.8, 4) is 22.6 Å². The average Bonchev–Trinajstić information content (AvgIpc) is 2.97. The van der Waals surface area contributed by atoms with E-state index in [2.05, 4.69) is 44.7 Å².